The highest BCUT2D eigenvalue weighted by atomic mass is 16.5. The summed E-state index contributed by atoms with van der Waals surface area (Å²) in [6.07, 6.45) is 7.76. The Balaban J connectivity index is 1.73. The third kappa shape index (κ3) is 5.26. The van der Waals surface area contributed by atoms with E-state index >= 15 is 0 Å². The Labute approximate surface area is 160 Å². The molecular formula is C22H27N3O2. The van der Waals surface area contributed by atoms with Gasteiger partial charge in [-0.3, -0.25) is 4.98 Å². The lowest BCUT2D eigenvalue weighted by Crippen LogP contribution is -2.11. The fourth-order valence-electron chi connectivity index (χ4n) is 2.76. The van der Waals surface area contributed by atoms with Gasteiger partial charge in [0.1, 0.15) is 0 Å². The number of hydrogen-bond donors (Lipinski definition) is 2. The summed E-state index contributed by atoms with van der Waals surface area (Å²) in [5.41, 5.74) is 4.29. The summed E-state index contributed by atoms with van der Waals surface area (Å²) in [6.45, 7) is 8.73. The van der Waals surface area contributed by atoms with Gasteiger partial charge in [0, 0.05) is 42.5 Å². The van der Waals surface area contributed by atoms with Crippen LogP contribution in [-0.2, 0) is 6.54 Å². The summed E-state index contributed by atoms with van der Waals surface area (Å²) in [6, 6.07) is 10.2. The number of anilines is 1. The minimum absolute atomic E-state index is 0.0879. The van der Waals surface area contributed by atoms with Crippen LogP contribution in [0, 0.1) is 0 Å². The second kappa shape index (κ2) is 8.62. The second-order valence-electron chi connectivity index (χ2n) is 7.03. The maximum absolute atomic E-state index is 5.94. The lowest BCUT2D eigenvalue weighted by Gasteiger charge is -2.18. The standard InChI is InChI=1S/C22H27N3O2/c1-15(2)26-21-6-5-17(9-22(21)27-16(3)4)11-25-20-10-19(13-24-14-20)18-7-8-23-12-18/h5-10,12-16,23,25H,11H2,1-4H3. The zero-order valence-electron chi connectivity index (χ0n) is 16.3. The van der Waals surface area contributed by atoms with E-state index in [2.05, 4.69) is 27.4 Å². The van der Waals surface area contributed by atoms with E-state index in [9.17, 15) is 0 Å². The lowest BCUT2D eigenvalue weighted by atomic mass is 10.1. The monoisotopic (exact) mass is 365 g/mol. The molecule has 142 valence electrons. The molecule has 27 heavy (non-hydrogen) atoms. The molecule has 0 amide bonds. The first-order valence-corrected chi connectivity index (χ1v) is 9.29. The zero-order chi connectivity index (χ0) is 19.2. The van der Waals surface area contributed by atoms with Crippen molar-refractivity contribution in [2.75, 3.05) is 5.32 Å². The van der Waals surface area contributed by atoms with E-state index in [0.29, 0.717) is 6.54 Å². The highest BCUT2D eigenvalue weighted by Gasteiger charge is 2.10. The fraction of sp³-hybridized carbons (Fsp3) is 0.318. The van der Waals surface area contributed by atoms with Crippen LogP contribution in [0.25, 0.3) is 11.1 Å². The fourth-order valence-corrected chi connectivity index (χ4v) is 2.76. The van der Waals surface area contributed by atoms with Crippen molar-refractivity contribution in [2.24, 2.45) is 0 Å². The average molecular weight is 365 g/mol. The van der Waals surface area contributed by atoms with Crippen molar-refractivity contribution in [2.45, 2.75) is 46.4 Å². The summed E-state index contributed by atoms with van der Waals surface area (Å²) < 4.78 is 11.8. The molecule has 3 rings (SSSR count). The van der Waals surface area contributed by atoms with Gasteiger partial charge in [-0.15, -0.1) is 0 Å². The Kier molecular flexibility index (Phi) is 6.01. The van der Waals surface area contributed by atoms with E-state index in [1.807, 2.05) is 70.7 Å². The molecule has 0 atom stereocenters. The molecule has 1 aromatic carbocycles. The highest BCUT2D eigenvalue weighted by molar-refractivity contribution is 5.66. The number of nitrogens with one attached hydrogen (secondary N) is 2. The van der Waals surface area contributed by atoms with Gasteiger partial charge in [0.15, 0.2) is 11.5 Å². The van der Waals surface area contributed by atoms with Crippen LogP contribution in [0.4, 0.5) is 5.69 Å². The molecule has 2 N–H and O–H groups in total. The summed E-state index contributed by atoms with van der Waals surface area (Å²) in [7, 11) is 0. The van der Waals surface area contributed by atoms with Crippen molar-refractivity contribution in [3.8, 4) is 22.6 Å². The normalized spacial score (nSPS) is 11.0. The molecule has 0 bridgehead atoms. The van der Waals surface area contributed by atoms with Crippen molar-refractivity contribution in [1.29, 1.82) is 0 Å². The number of hydrogen-bond acceptors (Lipinski definition) is 4. The SMILES string of the molecule is CC(C)Oc1ccc(CNc2cncc(-c3cc[nH]c3)c2)cc1OC(C)C. The van der Waals surface area contributed by atoms with Crippen LogP contribution in [0.15, 0.2) is 55.1 Å². The molecule has 3 aromatic rings. The van der Waals surface area contributed by atoms with Gasteiger partial charge in [-0.05, 0) is 57.5 Å². The third-order valence-electron chi connectivity index (χ3n) is 3.90. The number of benzene rings is 1. The number of aromatic amines is 1. The first-order chi connectivity index (χ1) is 13.0. The number of aromatic nitrogens is 2. The molecule has 2 heterocycles. The summed E-state index contributed by atoms with van der Waals surface area (Å²) >= 11 is 0. The number of nitrogens with zero attached hydrogens (tertiary/aromatic N) is 1. The van der Waals surface area contributed by atoms with E-state index < -0.39 is 0 Å². The topological polar surface area (TPSA) is 59.2 Å². The van der Waals surface area contributed by atoms with Crippen molar-refractivity contribution in [3.63, 3.8) is 0 Å². The molecule has 0 spiro atoms. The van der Waals surface area contributed by atoms with Crippen molar-refractivity contribution < 1.29 is 9.47 Å². The van der Waals surface area contributed by atoms with Crippen LogP contribution in [0.2, 0.25) is 0 Å². The minimum atomic E-state index is 0.0879. The maximum Gasteiger partial charge on any atom is 0.161 e. The molecule has 0 saturated carbocycles. The van der Waals surface area contributed by atoms with Crippen LogP contribution in [0.5, 0.6) is 11.5 Å². The van der Waals surface area contributed by atoms with Crippen LogP contribution in [0.3, 0.4) is 0 Å². The van der Waals surface area contributed by atoms with E-state index in [0.717, 1.165) is 33.9 Å². The molecule has 2 aromatic heterocycles. The van der Waals surface area contributed by atoms with Crippen molar-refractivity contribution in [1.82, 2.24) is 9.97 Å². The molecule has 0 radical (unpaired) electrons. The minimum Gasteiger partial charge on any atom is -0.487 e. The molecule has 5 nitrogen and oxygen atoms in total. The number of H-pyrrole nitrogens is 1. The van der Waals surface area contributed by atoms with Gasteiger partial charge < -0.3 is 19.8 Å². The summed E-state index contributed by atoms with van der Waals surface area (Å²) in [5, 5.41) is 3.43. The Bertz CT molecular complexity index is 858. The van der Waals surface area contributed by atoms with Crippen molar-refractivity contribution >= 4 is 5.69 Å². The molecular weight excluding hydrogens is 338 g/mol. The molecule has 0 fully saturated rings. The largest absolute Gasteiger partial charge is 0.487 e. The predicted molar refractivity (Wildman–Crippen MR) is 109 cm³/mol. The number of ether oxygens (including phenoxy) is 2. The molecule has 0 saturated heterocycles. The number of rotatable bonds is 8. The Hall–Kier alpha value is -2.95. The first kappa shape index (κ1) is 18.8. The van der Waals surface area contributed by atoms with E-state index in [-0.39, 0.29) is 12.2 Å². The smallest absolute Gasteiger partial charge is 0.161 e. The van der Waals surface area contributed by atoms with Crippen LogP contribution >= 0.6 is 0 Å². The van der Waals surface area contributed by atoms with E-state index in [4.69, 9.17) is 9.47 Å². The molecule has 0 unspecified atom stereocenters. The summed E-state index contributed by atoms with van der Waals surface area (Å²) in [5.74, 6) is 1.55. The Morgan fingerprint density at radius 3 is 2.41 bits per heavy atom. The number of pyridine rings is 1. The van der Waals surface area contributed by atoms with Crippen molar-refractivity contribution in [3.05, 3.63) is 60.7 Å². The van der Waals surface area contributed by atoms with Gasteiger partial charge in [-0.1, -0.05) is 6.07 Å². The summed E-state index contributed by atoms with van der Waals surface area (Å²) in [4.78, 5) is 7.41. The van der Waals surface area contributed by atoms with Gasteiger partial charge in [0.25, 0.3) is 0 Å². The van der Waals surface area contributed by atoms with Gasteiger partial charge in [-0.2, -0.15) is 0 Å². The predicted octanol–water partition coefficient (Wildman–Crippen LogP) is 5.26. The second-order valence-corrected chi connectivity index (χ2v) is 7.03. The zero-order valence-corrected chi connectivity index (χ0v) is 16.3. The first-order valence-electron chi connectivity index (χ1n) is 9.29. The van der Waals surface area contributed by atoms with Gasteiger partial charge in [0.05, 0.1) is 17.9 Å². The molecule has 5 heteroatoms. The van der Waals surface area contributed by atoms with E-state index in [1.54, 1.807) is 0 Å². The Morgan fingerprint density at radius 2 is 1.70 bits per heavy atom. The molecule has 0 aliphatic rings. The molecule has 0 aliphatic heterocycles. The van der Waals surface area contributed by atoms with Crippen LogP contribution < -0.4 is 14.8 Å². The maximum atomic E-state index is 5.94. The van der Waals surface area contributed by atoms with Gasteiger partial charge >= 0.3 is 0 Å². The van der Waals surface area contributed by atoms with E-state index in [1.165, 1.54) is 0 Å². The van der Waals surface area contributed by atoms with Crippen LogP contribution in [0.1, 0.15) is 33.3 Å². The third-order valence-corrected chi connectivity index (χ3v) is 3.90. The van der Waals surface area contributed by atoms with Crippen LogP contribution in [-0.4, -0.2) is 22.2 Å². The quantitative estimate of drug-likeness (QED) is 0.571. The molecule has 0 aliphatic carbocycles. The highest BCUT2D eigenvalue weighted by Crippen LogP contribution is 2.30. The average Bonchev–Trinajstić information content (AvgIpc) is 3.16. The Morgan fingerprint density at radius 1 is 0.926 bits per heavy atom. The van der Waals surface area contributed by atoms with Gasteiger partial charge in [0.2, 0.25) is 0 Å². The van der Waals surface area contributed by atoms with Gasteiger partial charge in [-0.25, -0.2) is 0 Å². The lowest BCUT2D eigenvalue weighted by molar-refractivity contribution is 0.198.